The molecule has 3 aromatic rings. The Bertz CT molecular complexity index is 1210. The molecule has 184 valence electrons. The van der Waals surface area contributed by atoms with Crippen molar-refractivity contribution in [3.63, 3.8) is 0 Å². The summed E-state index contributed by atoms with van der Waals surface area (Å²) >= 11 is 0. The van der Waals surface area contributed by atoms with Gasteiger partial charge in [-0.15, -0.1) is 0 Å². The summed E-state index contributed by atoms with van der Waals surface area (Å²) in [6.45, 7) is 9.10. The number of benzene rings is 2. The molecule has 0 atom stereocenters. The Balaban J connectivity index is 1.49. The number of aromatic nitrogens is 1. The van der Waals surface area contributed by atoms with Crippen molar-refractivity contribution in [2.24, 2.45) is 0 Å². The Morgan fingerprint density at radius 3 is 2.63 bits per heavy atom. The molecular weight excluding hydrogens is 436 g/mol. The third-order valence-corrected chi connectivity index (χ3v) is 6.61. The van der Waals surface area contributed by atoms with Crippen LogP contribution in [0.1, 0.15) is 43.7 Å². The summed E-state index contributed by atoms with van der Waals surface area (Å²) in [7, 11) is 0. The molecule has 2 N–H and O–H groups in total. The van der Waals surface area contributed by atoms with Gasteiger partial charge in [-0.2, -0.15) is 0 Å². The molecule has 2 aromatic carbocycles. The number of pyridine rings is 1. The minimum atomic E-state index is -0.101. The number of nitrogens with zero attached hydrogens (tertiary/aromatic N) is 2. The van der Waals surface area contributed by atoms with Crippen molar-refractivity contribution in [2.75, 3.05) is 38.1 Å². The largest absolute Gasteiger partial charge is 0.494 e. The van der Waals surface area contributed by atoms with Crippen molar-refractivity contribution >= 4 is 11.9 Å². The van der Waals surface area contributed by atoms with Crippen LogP contribution in [0.15, 0.2) is 59.5 Å². The first-order chi connectivity index (χ1) is 17.1. The lowest BCUT2D eigenvalue weighted by molar-refractivity contribution is 0.309. The second kappa shape index (κ2) is 11.8. The zero-order valence-corrected chi connectivity index (χ0v) is 20.8. The smallest absolute Gasteiger partial charge is 0.255 e. The SMILES string of the molecule is CCCCOc1ccc(-c2ccn(-c3ccc(NCCN4CCCC4)c(C=N)c3)c(=O)c2)c(C)c1. The first kappa shape index (κ1) is 24.7. The fourth-order valence-corrected chi connectivity index (χ4v) is 4.58. The molecule has 1 aliphatic heterocycles. The molecule has 0 saturated carbocycles. The van der Waals surface area contributed by atoms with Crippen molar-refractivity contribution in [3.8, 4) is 22.6 Å². The van der Waals surface area contributed by atoms with Gasteiger partial charge in [0.1, 0.15) is 5.75 Å². The van der Waals surface area contributed by atoms with Crippen LogP contribution in [0.2, 0.25) is 0 Å². The second-order valence-corrected chi connectivity index (χ2v) is 9.19. The van der Waals surface area contributed by atoms with Gasteiger partial charge in [0.15, 0.2) is 0 Å². The van der Waals surface area contributed by atoms with Gasteiger partial charge in [0, 0.05) is 48.5 Å². The molecule has 6 heteroatoms. The lowest BCUT2D eigenvalue weighted by Gasteiger charge is -2.17. The molecule has 0 aliphatic carbocycles. The molecule has 0 bridgehead atoms. The fraction of sp³-hybridized carbons (Fsp3) is 0.379. The predicted octanol–water partition coefficient (Wildman–Crippen LogP) is 5.50. The number of anilines is 1. The first-order valence-corrected chi connectivity index (χ1v) is 12.7. The van der Waals surface area contributed by atoms with Gasteiger partial charge in [-0.3, -0.25) is 9.36 Å². The van der Waals surface area contributed by atoms with Gasteiger partial charge in [-0.05, 0) is 92.4 Å². The topological polar surface area (TPSA) is 70.3 Å². The highest BCUT2D eigenvalue weighted by atomic mass is 16.5. The number of unbranched alkanes of at least 4 members (excludes halogenated alkanes) is 1. The third-order valence-electron chi connectivity index (χ3n) is 6.61. The molecule has 1 saturated heterocycles. The van der Waals surface area contributed by atoms with Crippen LogP contribution in [0.3, 0.4) is 0 Å². The van der Waals surface area contributed by atoms with Crippen molar-refractivity contribution in [3.05, 3.63) is 76.2 Å². The van der Waals surface area contributed by atoms with E-state index in [2.05, 4.69) is 17.1 Å². The molecule has 0 spiro atoms. The van der Waals surface area contributed by atoms with Crippen molar-refractivity contribution in [1.82, 2.24) is 9.47 Å². The highest BCUT2D eigenvalue weighted by Crippen LogP contribution is 2.27. The van der Waals surface area contributed by atoms with Crippen LogP contribution in [0.4, 0.5) is 5.69 Å². The van der Waals surface area contributed by atoms with Crippen LogP contribution < -0.4 is 15.6 Å². The zero-order chi connectivity index (χ0) is 24.6. The maximum Gasteiger partial charge on any atom is 0.255 e. The van der Waals surface area contributed by atoms with Gasteiger partial charge in [0.25, 0.3) is 5.56 Å². The van der Waals surface area contributed by atoms with E-state index in [1.54, 1.807) is 10.6 Å². The van der Waals surface area contributed by atoms with Crippen molar-refractivity contribution in [2.45, 2.75) is 39.5 Å². The van der Waals surface area contributed by atoms with Gasteiger partial charge < -0.3 is 20.4 Å². The molecule has 4 rings (SSSR count). The van der Waals surface area contributed by atoms with Crippen LogP contribution in [-0.4, -0.2) is 48.5 Å². The Hall–Kier alpha value is -3.38. The van der Waals surface area contributed by atoms with Crippen LogP contribution in [0.25, 0.3) is 16.8 Å². The van der Waals surface area contributed by atoms with E-state index in [1.165, 1.54) is 32.1 Å². The summed E-state index contributed by atoms with van der Waals surface area (Å²) in [5.74, 6) is 0.862. The highest BCUT2D eigenvalue weighted by Gasteiger charge is 2.12. The van der Waals surface area contributed by atoms with Crippen LogP contribution >= 0.6 is 0 Å². The number of aryl methyl sites for hydroxylation is 1. The Kier molecular flexibility index (Phi) is 8.37. The quantitative estimate of drug-likeness (QED) is 0.286. The molecule has 6 nitrogen and oxygen atoms in total. The van der Waals surface area contributed by atoms with E-state index in [4.69, 9.17) is 10.1 Å². The number of likely N-dealkylation sites (tertiary alicyclic amines) is 1. The summed E-state index contributed by atoms with van der Waals surface area (Å²) in [5, 5.41) is 11.3. The molecule has 35 heavy (non-hydrogen) atoms. The van der Waals surface area contributed by atoms with Crippen LogP contribution in [0.5, 0.6) is 5.75 Å². The van der Waals surface area contributed by atoms with E-state index in [0.29, 0.717) is 0 Å². The zero-order valence-electron chi connectivity index (χ0n) is 20.8. The van der Waals surface area contributed by atoms with E-state index in [0.717, 1.165) is 71.9 Å². The van der Waals surface area contributed by atoms with Crippen molar-refractivity contribution in [1.29, 1.82) is 5.41 Å². The summed E-state index contributed by atoms with van der Waals surface area (Å²) in [6.07, 6.45) is 7.86. The number of rotatable bonds is 11. The van der Waals surface area contributed by atoms with E-state index in [-0.39, 0.29) is 5.56 Å². The Morgan fingerprint density at radius 1 is 1.09 bits per heavy atom. The Labute approximate surface area is 208 Å². The lowest BCUT2D eigenvalue weighted by Crippen LogP contribution is -2.26. The normalized spacial score (nSPS) is 13.7. The summed E-state index contributed by atoms with van der Waals surface area (Å²) in [5.41, 5.74) is 5.33. The van der Waals surface area contributed by atoms with E-state index < -0.39 is 0 Å². The molecule has 1 fully saturated rings. The van der Waals surface area contributed by atoms with Gasteiger partial charge in [0.2, 0.25) is 0 Å². The number of hydrogen-bond donors (Lipinski definition) is 2. The van der Waals surface area contributed by atoms with Gasteiger partial charge in [-0.25, -0.2) is 0 Å². The molecule has 0 amide bonds. The molecule has 0 unspecified atom stereocenters. The summed E-state index contributed by atoms with van der Waals surface area (Å²) < 4.78 is 7.44. The standard InChI is InChI=1S/C29H36N4O2/c1-3-4-17-35-26-8-9-27(22(2)18-26)23-11-15-33(29(34)20-23)25-7-10-28(24(19-25)21-30)31-12-16-32-13-5-6-14-32/h7-11,15,18-21,30-31H,3-6,12-14,16-17H2,1-2H3. The minimum absolute atomic E-state index is 0.101. The molecular formula is C29H36N4O2. The van der Waals surface area contributed by atoms with Gasteiger partial charge in [0.05, 0.1) is 6.61 Å². The van der Waals surface area contributed by atoms with E-state index in [1.807, 2.05) is 55.6 Å². The maximum atomic E-state index is 13.0. The monoisotopic (exact) mass is 472 g/mol. The average Bonchev–Trinajstić information content (AvgIpc) is 3.38. The highest BCUT2D eigenvalue weighted by molar-refractivity contribution is 5.86. The molecule has 1 aromatic heterocycles. The predicted molar refractivity (Wildman–Crippen MR) is 145 cm³/mol. The summed E-state index contributed by atoms with van der Waals surface area (Å²) in [6, 6.07) is 15.4. The van der Waals surface area contributed by atoms with Crippen LogP contribution in [-0.2, 0) is 0 Å². The number of hydrogen-bond acceptors (Lipinski definition) is 5. The number of nitrogens with one attached hydrogen (secondary N) is 2. The maximum absolute atomic E-state index is 13.0. The second-order valence-electron chi connectivity index (χ2n) is 9.19. The van der Waals surface area contributed by atoms with Gasteiger partial charge >= 0.3 is 0 Å². The average molecular weight is 473 g/mol. The minimum Gasteiger partial charge on any atom is -0.494 e. The molecule has 2 heterocycles. The lowest BCUT2D eigenvalue weighted by atomic mass is 10.0. The molecule has 1 aliphatic rings. The van der Waals surface area contributed by atoms with Gasteiger partial charge in [-0.1, -0.05) is 19.4 Å². The third kappa shape index (κ3) is 6.20. The van der Waals surface area contributed by atoms with E-state index in [9.17, 15) is 4.79 Å². The first-order valence-electron chi connectivity index (χ1n) is 12.7. The fourth-order valence-electron chi connectivity index (χ4n) is 4.58. The van der Waals surface area contributed by atoms with E-state index >= 15 is 0 Å². The van der Waals surface area contributed by atoms with Crippen molar-refractivity contribution < 1.29 is 4.74 Å². The van der Waals surface area contributed by atoms with Crippen LogP contribution in [0, 0.1) is 12.3 Å². The summed E-state index contributed by atoms with van der Waals surface area (Å²) in [4.78, 5) is 15.5. The molecule has 0 radical (unpaired) electrons. The number of ether oxygens (including phenoxy) is 1. The Morgan fingerprint density at radius 2 is 1.91 bits per heavy atom.